The van der Waals surface area contributed by atoms with Gasteiger partial charge in [0.1, 0.15) is 0 Å². The number of ether oxygens (including phenoxy) is 1. The molecule has 0 aromatic carbocycles. The lowest BCUT2D eigenvalue weighted by Crippen LogP contribution is -2.25. The highest BCUT2D eigenvalue weighted by molar-refractivity contribution is 7.99. The van der Waals surface area contributed by atoms with Crippen LogP contribution in [0.4, 0.5) is 4.79 Å². The topological polar surface area (TPSA) is 93.1 Å². The first-order valence-corrected chi connectivity index (χ1v) is 16.4. The summed E-state index contributed by atoms with van der Waals surface area (Å²) in [7, 11) is -4.55. The summed E-state index contributed by atoms with van der Waals surface area (Å²) in [6, 6.07) is 0. The van der Waals surface area contributed by atoms with Gasteiger partial charge in [-0.2, -0.15) is 11.8 Å². The van der Waals surface area contributed by atoms with Crippen LogP contribution in [0.15, 0.2) is 0 Å². The van der Waals surface area contributed by atoms with Crippen LogP contribution in [-0.4, -0.2) is 46.0 Å². The summed E-state index contributed by atoms with van der Waals surface area (Å²) in [6.07, 6.45) is 21.5. The van der Waals surface area contributed by atoms with Gasteiger partial charge in [-0.1, -0.05) is 104 Å². The summed E-state index contributed by atoms with van der Waals surface area (Å²) in [5, 5.41) is 9.07. The zero-order valence-electron chi connectivity index (χ0n) is 22.2. The quantitative estimate of drug-likeness (QED) is 0.0861. The fourth-order valence-corrected chi connectivity index (χ4v) is 5.75. The third-order valence-electron chi connectivity index (χ3n) is 6.12. The summed E-state index contributed by atoms with van der Waals surface area (Å²) in [6.45, 7) is 6.90. The van der Waals surface area contributed by atoms with E-state index in [9.17, 15) is 9.36 Å². The van der Waals surface area contributed by atoms with Gasteiger partial charge in [-0.3, -0.25) is 0 Å². The Morgan fingerprint density at radius 2 is 1.29 bits per heavy atom. The molecule has 0 aliphatic carbocycles. The van der Waals surface area contributed by atoms with Crippen LogP contribution in [0.3, 0.4) is 0 Å². The van der Waals surface area contributed by atoms with E-state index in [0.29, 0.717) is 18.3 Å². The van der Waals surface area contributed by atoms with Crippen LogP contribution < -0.4 is 0 Å². The summed E-state index contributed by atoms with van der Waals surface area (Å²) < 4.78 is 21.9. The summed E-state index contributed by atoms with van der Waals surface area (Å²) in [5.74, 6) is 1.17. The molecule has 0 fully saturated rings. The standard InChI is InChI=1S/C26H53O6PS/c1-4-6-8-10-11-12-13-14-16-18-23-34-25(20-17-15-9-7-5-2)24(3)31-21-19-22-32-33(29,30)26(27)28/h24-25H,4-23H2,1-3H3,(H,27,28)(H,29,30). The molecule has 0 saturated heterocycles. The molecule has 6 nitrogen and oxygen atoms in total. The van der Waals surface area contributed by atoms with Crippen LogP contribution >= 0.6 is 19.4 Å². The molecule has 0 rings (SSSR count). The van der Waals surface area contributed by atoms with Crippen molar-refractivity contribution >= 4 is 25.1 Å². The average Bonchev–Trinajstić information content (AvgIpc) is 2.80. The van der Waals surface area contributed by atoms with Gasteiger partial charge < -0.3 is 19.3 Å². The smallest absolute Gasteiger partial charge is 0.435 e. The number of hydrogen-bond donors (Lipinski definition) is 2. The molecule has 0 amide bonds. The maximum Gasteiger partial charge on any atom is 0.435 e. The largest absolute Gasteiger partial charge is 0.472 e. The minimum absolute atomic E-state index is 0.0969. The van der Waals surface area contributed by atoms with Crippen molar-refractivity contribution in [3.05, 3.63) is 0 Å². The molecule has 2 N–H and O–H groups in total. The fraction of sp³-hybridized carbons (Fsp3) is 0.962. The molecule has 0 heterocycles. The van der Waals surface area contributed by atoms with E-state index in [1.165, 1.54) is 102 Å². The van der Waals surface area contributed by atoms with Crippen LogP contribution in [0.2, 0.25) is 0 Å². The summed E-state index contributed by atoms with van der Waals surface area (Å²) in [5.41, 5.74) is -1.81. The maximum absolute atomic E-state index is 11.3. The van der Waals surface area contributed by atoms with E-state index in [1.54, 1.807) is 0 Å². The second kappa shape index (κ2) is 23.3. The normalized spacial score (nSPS) is 15.2. The zero-order chi connectivity index (χ0) is 25.5. The van der Waals surface area contributed by atoms with Crippen molar-refractivity contribution < 1.29 is 28.6 Å². The van der Waals surface area contributed by atoms with Gasteiger partial charge in [0.15, 0.2) is 0 Å². The predicted molar refractivity (Wildman–Crippen MR) is 145 cm³/mol. The molecule has 0 spiro atoms. The lowest BCUT2D eigenvalue weighted by molar-refractivity contribution is 0.0537. The monoisotopic (exact) mass is 524 g/mol. The Bertz CT molecular complexity index is 520. The van der Waals surface area contributed by atoms with Crippen molar-refractivity contribution in [2.24, 2.45) is 0 Å². The van der Waals surface area contributed by atoms with Gasteiger partial charge in [0.05, 0.1) is 12.7 Å². The molecule has 8 heteroatoms. The minimum Gasteiger partial charge on any atom is -0.472 e. The van der Waals surface area contributed by atoms with Gasteiger partial charge in [0.2, 0.25) is 0 Å². The Morgan fingerprint density at radius 3 is 1.82 bits per heavy atom. The lowest BCUT2D eigenvalue weighted by atomic mass is 10.1. The molecule has 3 atom stereocenters. The lowest BCUT2D eigenvalue weighted by Gasteiger charge is -2.24. The number of rotatable bonds is 26. The van der Waals surface area contributed by atoms with Crippen LogP contribution in [0.5, 0.6) is 0 Å². The molecule has 0 aromatic heterocycles. The first kappa shape index (κ1) is 33.9. The third-order valence-corrected chi connectivity index (χ3v) is 8.71. The predicted octanol–water partition coefficient (Wildman–Crippen LogP) is 9.04. The third kappa shape index (κ3) is 20.2. The van der Waals surface area contributed by atoms with Crippen molar-refractivity contribution in [2.45, 2.75) is 141 Å². The number of unbranched alkanes of at least 4 members (excludes halogenated alkanes) is 13. The highest BCUT2D eigenvalue weighted by atomic mass is 32.2. The minimum atomic E-state index is -4.55. The molecule has 0 saturated carbocycles. The zero-order valence-corrected chi connectivity index (χ0v) is 23.9. The van der Waals surface area contributed by atoms with E-state index >= 15 is 0 Å². The Hall–Kier alpha value is -0.0700. The maximum atomic E-state index is 11.3. The molecule has 0 aliphatic rings. The molecule has 3 unspecified atom stereocenters. The number of carbonyl (C=O) groups is 1. The second-order valence-electron chi connectivity index (χ2n) is 9.36. The fourth-order valence-electron chi connectivity index (χ4n) is 3.91. The Morgan fingerprint density at radius 1 is 0.794 bits per heavy atom. The number of thioether (sulfide) groups is 1. The van der Waals surface area contributed by atoms with Gasteiger partial charge in [-0.05, 0) is 31.9 Å². The average molecular weight is 525 g/mol. The van der Waals surface area contributed by atoms with Gasteiger partial charge >= 0.3 is 13.3 Å². The highest BCUT2D eigenvalue weighted by Gasteiger charge is 2.29. The van der Waals surface area contributed by atoms with Crippen molar-refractivity contribution in [3.63, 3.8) is 0 Å². The van der Waals surface area contributed by atoms with E-state index in [-0.39, 0.29) is 12.7 Å². The van der Waals surface area contributed by atoms with Crippen LogP contribution in [0, 0.1) is 0 Å². The van der Waals surface area contributed by atoms with Crippen LogP contribution in [0.25, 0.3) is 0 Å². The van der Waals surface area contributed by atoms with Gasteiger partial charge in [0.25, 0.3) is 0 Å². The number of hydrogen-bond acceptors (Lipinski definition) is 5. The van der Waals surface area contributed by atoms with E-state index in [0.717, 1.165) is 6.42 Å². The highest BCUT2D eigenvalue weighted by Crippen LogP contribution is 2.42. The van der Waals surface area contributed by atoms with E-state index < -0.39 is 13.3 Å². The molecular formula is C26H53O6PS. The molecular weight excluding hydrogens is 471 g/mol. The van der Waals surface area contributed by atoms with Crippen molar-refractivity contribution in [1.82, 2.24) is 0 Å². The van der Waals surface area contributed by atoms with Gasteiger partial charge in [-0.25, -0.2) is 9.36 Å². The molecule has 204 valence electrons. The summed E-state index contributed by atoms with van der Waals surface area (Å²) in [4.78, 5) is 19.8. The molecule has 0 aromatic rings. The second-order valence-corrected chi connectivity index (χ2v) is 12.4. The van der Waals surface area contributed by atoms with Crippen LogP contribution in [0.1, 0.15) is 130 Å². The SMILES string of the molecule is CCCCCCCCCCCCSC(CCCCCCC)C(C)OCCCOP(=O)(O)C(=O)O. The van der Waals surface area contributed by atoms with E-state index in [1.807, 2.05) is 11.8 Å². The van der Waals surface area contributed by atoms with E-state index in [4.69, 9.17) is 14.7 Å². The van der Waals surface area contributed by atoms with E-state index in [2.05, 4.69) is 25.3 Å². The Labute approximate surface area is 213 Å². The first-order valence-electron chi connectivity index (χ1n) is 13.8. The van der Waals surface area contributed by atoms with Gasteiger partial charge in [-0.15, -0.1) is 0 Å². The molecule has 0 aliphatic heterocycles. The Kier molecular flexibility index (Phi) is 23.3. The van der Waals surface area contributed by atoms with Gasteiger partial charge in [0, 0.05) is 11.9 Å². The molecule has 0 radical (unpaired) electrons. The number of carboxylic acid groups (broad SMARTS) is 1. The van der Waals surface area contributed by atoms with Crippen molar-refractivity contribution in [2.75, 3.05) is 19.0 Å². The van der Waals surface area contributed by atoms with Crippen LogP contribution in [-0.2, 0) is 13.8 Å². The molecule has 0 bridgehead atoms. The summed E-state index contributed by atoms with van der Waals surface area (Å²) >= 11 is 2.02. The molecule has 34 heavy (non-hydrogen) atoms. The first-order chi connectivity index (χ1) is 16.3. The van der Waals surface area contributed by atoms with Crippen molar-refractivity contribution in [3.8, 4) is 0 Å². The van der Waals surface area contributed by atoms with Crippen molar-refractivity contribution in [1.29, 1.82) is 0 Å². The Balaban J connectivity index is 4.11.